The number of hydrogen-bond donors (Lipinski definition) is 0. The van der Waals surface area contributed by atoms with Crippen molar-refractivity contribution in [3.63, 3.8) is 0 Å². The van der Waals surface area contributed by atoms with E-state index in [0.717, 1.165) is 19.3 Å². The number of alkyl halides is 3. The normalized spacial score (nSPS) is 38.5. The van der Waals surface area contributed by atoms with Gasteiger partial charge in [0, 0.05) is 5.92 Å². The van der Waals surface area contributed by atoms with Crippen LogP contribution in [0.1, 0.15) is 39.0 Å². The molecule has 1 aliphatic heterocycles. The molecule has 1 fully saturated rings. The molecule has 0 radical (unpaired) electrons. The van der Waals surface area contributed by atoms with E-state index in [4.69, 9.17) is 0 Å². The molecule has 2 bridgehead atoms. The van der Waals surface area contributed by atoms with Crippen molar-refractivity contribution in [1.29, 1.82) is 0 Å². The lowest BCUT2D eigenvalue weighted by Gasteiger charge is -2.33. The fourth-order valence-corrected chi connectivity index (χ4v) is 3.22. The summed E-state index contributed by atoms with van der Waals surface area (Å²) in [7, 11) is 0. The minimum absolute atomic E-state index is 0.165. The minimum Gasteiger partial charge on any atom is -0.248 e. The molecule has 0 aromatic rings. The molecule has 0 saturated heterocycles. The Morgan fingerprint density at radius 2 is 2.00 bits per heavy atom. The smallest absolute Gasteiger partial charge is 0.248 e. The standard InChI is InChI=1S/C12H17F4N/c1-2-7-4-3-5-8-6-9(7)11(13)17-10(8)12(14,15)16/h7-10H,2-6H2,1H3. The van der Waals surface area contributed by atoms with E-state index in [-0.39, 0.29) is 11.8 Å². The molecule has 4 unspecified atom stereocenters. The molecule has 4 atom stereocenters. The Morgan fingerprint density at radius 3 is 2.59 bits per heavy atom. The number of nitrogens with zero attached hydrogens (tertiary/aromatic N) is 1. The van der Waals surface area contributed by atoms with Gasteiger partial charge in [-0.25, -0.2) is 4.99 Å². The first-order chi connectivity index (χ1) is 7.93. The summed E-state index contributed by atoms with van der Waals surface area (Å²) in [5.74, 6) is -1.49. The maximum atomic E-state index is 13.7. The second-order valence-corrected chi connectivity index (χ2v) is 5.14. The predicted octanol–water partition coefficient (Wildman–Crippen LogP) is 4.13. The van der Waals surface area contributed by atoms with E-state index in [1.165, 1.54) is 0 Å². The Bertz CT molecular complexity index is 310. The fraction of sp³-hybridized carbons (Fsp3) is 0.917. The van der Waals surface area contributed by atoms with Gasteiger partial charge in [-0.1, -0.05) is 19.8 Å². The lowest BCUT2D eigenvalue weighted by Crippen LogP contribution is -2.41. The van der Waals surface area contributed by atoms with Crippen LogP contribution in [-0.4, -0.2) is 18.2 Å². The van der Waals surface area contributed by atoms with E-state index >= 15 is 0 Å². The van der Waals surface area contributed by atoms with Crippen LogP contribution in [0, 0.1) is 17.8 Å². The summed E-state index contributed by atoms with van der Waals surface area (Å²) in [6.45, 7) is 1.97. The topological polar surface area (TPSA) is 12.4 Å². The monoisotopic (exact) mass is 251 g/mol. The quantitative estimate of drug-likeness (QED) is 0.621. The van der Waals surface area contributed by atoms with Gasteiger partial charge in [0.15, 0.2) is 12.0 Å². The Hall–Kier alpha value is -0.610. The third kappa shape index (κ3) is 2.47. The second-order valence-electron chi connectivity index (χ2n) is 5.14. The third-order valence-corrected chi connectivity index (χ3v) is 4.15. The highest BCUT2D eigenvalue weighted by Crippen LogP contribution is 2.44. The molecular formula is C12H17F4N. The van der Waals surface area contributed by atoms with Crippen molar-refractivity contribution in [3.8, 4) is 0 Å². The highest BCUT2D eigenvalue weighted by Gasteiger charge is 2.50. The predicted molar refractivity (Wildman–Crippen MR) is 57.6 cm³/mol. The Balaban J connectivity index is 2.27. The summed E-state index contributed by atoms with van der Waals surface area (Å²) in [5.41, 5.74) is 0. The molecule has 17 heavy (non-hydrogen) atoms. The van der Waals surface area contributed by atoms with E-state index < -0.39 is 24.1 Å². The van der Waals surface area contributed by atoms with E-state index in [9.17, 15) is 17.6 Å². The molecule has 0 amide bonds. The first-order valence-electron chi connectivity index (χ1n) is 6.23. The van der Waals surface area contributed by atoms with Gasteiger partial charge in [0.05, 0.1) is 0 Å². The molecule has 0 spiro atoms. The van der Waals surface area contributed by atoms with Crippen LogP contribution in [-0.2, 0) is 0 Å². The zero-order valence-electron chi connectivity index (χ0n) is 9.80. The molecule has 1 nitrogen and oxygen atoms in total. The molecule has 2 aliphatic rings. The molecule has 0 aromatic carbocycles. The first-order valence-corrected chi connectivity index (χ1v) is 6.23. The van der Waals surface area contributed by atoms with Crippen LogP contribution in [0.25, 0.3) is 0 Å². The van der Waals surface area contributed by atoms with E-state index in [1.54, 1.807) is 0 Å². The summed E-state index contributed by atoms with van der Waals surface area (Å²) in [6.07, 6.45) is -1.16. The number of rotatable bonds is 1. The van der Waals surface area contributed by atoms with Crippen molar-refractivity contribution < 1.29 is 17.6 Å². The summed E-state index contributed by atoms with van der Waals surface area (Å²) in [5, 5.41) is 0. The molecule has 2 rings (SSSR count). The molecule has 0 N–H and O–H groups in total. The van der Waals surface area contributed by atoms with Crippen LogP contribution in [0.5, 0.6) is 0 Å². The lowest BCUT2D eigenvalue weighted by atomic mass is 9.80. The summed E-state index contributed by atoms with van der Waals surface area (Å²) < 4.78 is 51.9. The van der Waals surface area contributed by atoms with Crippen LogP contribution >= 0.6 is 0 Å². The Labute approximate surface area is 98.3 Å². The molecule has 1 aliphatic carbocycles. The summed E-state index contributed by atoms with van der Waals surface area (Å²) in [4.78, 5) is 3.32. The van der Waals surface area contributed by atoms with Crippen LogP contribution in [0.2, 0.25) is 0 Å². The summed E-state index contributed by atoms with van der Waals surface area (Å²) >= 11 is 0. The van der Waals surface area contributed by atoms with Crippen molar-refractivity contribution in [1.82, 2.24) is 0 Å². The van der Waals surface area contributed by atoms with Gasteiger partial charge in [0.25, 0.3) is 0 Å². The largest absolute Gasteiger partial charge is 0.411 e. The van der Waals surface area contributed by atoms with E-state index in [0.29, 0.717) is 12.8 Å². The molecule has 0 aromatic heterocycles. The zero-order chi connectivity index (χ0) is 12.6. The van der Waals surface area contributed by atoms with Crippen LogP contribution < -0.4 is 0 Å². The molecule has 1 heterocycles. The number of aliphatic imine (C=N–C) groups is 1. The maximum absolute atomic E-state index is 13.7. The van der Waals surface area contributed by atoms with Crippen molar-refractivity contribution in [2.24, 2.45) is 22.7 Å². The summed E-state index contributed by atoms with van der Waals surface area (Å²) in [6, 6.07) is -1.81. The molecule has 1 saturated carbocycles. The molecular weight excluding hydrogens is 234 g/mol. The van der Waals surface area contributed by atoms with Crippen molar-refractivity contribution in [2.75, 3.05) is 0 Å². The average Bonchev–Trinajstić information content (AvgIpc) is 2.42. The van der Waals surface area contributed by atoms with Gasteiger partial charge < -0.3 is 0 Å². The maximum Gasteiger partial charge on any atom is 0.411 e. The number of hydrogen-bond acceptors (Lipinski definition) is 1. The Kier molecular flexibility index (Phi) is 3.46. The van der Waals surface area contributed by atoms with Crippen LogP contribution in [0.15, 0.2) is 4.99 Å². The van der Waals surface area contributed by atoms with Gasteiger partial charge in [-0.15, -0.1) is 0 Å². The van der Waals surface area contributed by atoms with Crippen molar-refractivity contribution >= 4 is 5.97 Å². The number of halogens is 4. The molecule has 5 heteroatoms. The van der Waals surface area contributed by atoms with Crippen LogP contribution in [0.3, 0.4) is 0 Å². The van der Waals surface area contributed by atoms with Crippen molar-refractivity contribution in [3.05, 3.63) is 0 Å². The zero-order valence-corrected chi connectivity index (χ0v) is 9.80. The third-order valence-electron chi connectivity index (χ3n) is 4.15. The molecule has 98 valence electrons. The average molecular weight is 251 g/mol. The van der Waals surface area contributed by atoms with Gasteiger partial charge >= 0.3 is 6.18 Å². The van der Waals surface area contributed by atoms with Gasteiger partial charge in [0.1, 0.15) is 0 Å². The highest BCUT2D eigenvalue weighted by molar-refractivity contribution is 5.79. The Morgan fingerprint density at radius 1 is 1.29 bits per heavy atom. The van der Waals surface area contributed by atoms with Gasteiger partial charge in [-0.2, -0.15) is 17.6 Å². The fourth-order valence-electron chi connectivity index (χ4n) is 3.22. The lowest BCUT2D eigenvalue weighted by molar-refractivity contribution is -0.161. The van der Waals surface area contributed by atoms with Gasteiger partial charge in [-0.05, 0) is 31.1 Å². The second kappa shape index (κ2) is 4.58. The SMILES string of the molecule is CCC1CCCC2CC1C(F)=NC2C(F)(F)F. The van der Waals surface area contributed by atoms with Gasteiger partial charge in [-0.3, -0.25) is 0 Å². The number of fused-ring (bicyclic) bond motifs is 2. The van der Waals surface area contributed by atoms with Crippen molar-refractivity contribution in [2.45, 2.75) is 51.2 Å². The van der Waals surface area contributed by atoms with E-state index in [2.05, 4.69) is 4.99 Å². The highest BCUT2D eigenvalue weighted by atomic mass is 19.4. The van der Waals surface area contributed by atoms with Gasteiger partial charge in [0.2, 0.25) is 0 Å². The minimum atomic E-state index is -4.40. The van der Waals surface area contributed by atoms with Crippen LogP contribution in [0.4, 0.5) is 17.6 Å². The first kappa shape index (κ1) is 12.8. The van der Waals surface area contributed by atoms with E-state index in [1.807, 2.05) is 6.92 Å².